The number of aryl methyl sites for hydroxylation is 1. The number of aromatic nitrogens is 9. The van der Waals surface area contributed by atoms with Gasteiger partial charge in [0.25, 0.3) is 0 Å². The average molecular weight is 654 g/mol. The molecule has 0 radical (unpaired) electrons. The molecular formula is C34H23N9O6. The molecular weight excluding hydrogens is 630 g/mol. The van der Waals surface area contributed by atoms with Crippen LogP contribution in [0, 0.1) is 6.92 Å². The molecule has 7 aromatic rings. The largest absolute Gasteiger partial charge is 0.478 e. The topological polar surface area (TPSA) is 204 Å². The van der Waals surface area contributed by atoms with E-state index in [0.717, 1.165) is 5.56 Å². The van der Waals surface area contributed by atoms with E-state index in [1.54, 1.807) is 61.9 Å². The molecule has 0 aliphatic heterocycles. The highest BCUT2D eigenvalue weighted by Gasteiger charge is 2.17. The number of rotatable bonds is 9. The van der Waals surface area contributed by atoms with Crippen molar-refractivity contribution in [3.05, 3.63) is 126 Å². The number of hydrogen-bond acceptors (Lipinski definition) is 9. The molecule has 0 amide bonds. The van der Waals surface area contributed by atoms with Crippen LogP contribution in [0.4, 0.5) is 0 Å². The quantitative estimate of drug-likeness (QED) is 0.192. The van der Waals surface area contributed by atoms with Crippen LogP contribution in [-0.4, -0.2) is 78.2 Å². The van der Waals surface area contributed by atoms with Crippen molar-refractivity contribution in [1.82, 2.24) is 45.0 Å². The molecule has 49 heavy (non-hydrogen) atoms. The molecule has 4 aromatic carbocycles. The van der Waals surface area contributed by atoms with Gasteiger partial charge in [0.05, 0.1) is 52.3 Å². The Bertz CT molecular complexity index is 2310. The number of aromatic carboxylic acids is 3. The van der Waals surface area contributed by atoms with Crippen LogP contribution in [0.2, 0.25) is 0 Å². The minimum absolute atomic E-state index is 0.1000. The maximum atomic E-state index is 11.7. The molecule has 0 saturated heterocycles. The fourth-order valence-corrected chi connectivity index (χ4v) is 5.22. The Morgan fingerprint density at radius 2 is 0.878 bits per heavy atom. The number of carbonyl (C=O) groups is 3. The first-order valence-electron chi connectivity index (χ1n) is 14.6. The highest BCUT2D eigenvalue weighted by molar-refractivity contribution is 5.89. The van der Waals surface area contributed by atoms with Gasteiger partial charge in [0.1, 0.15) is 17.1 Å². The van der Waals surface area contributed by atoms with Crippen LogP contribution in [0.3, 0.4) is 0 Å². The molecule has 0 aliphatic carbocycles. The monoisotopic (exact) mass is 653 g/mol. The van der Waals surface area contributed by atoms with Crippen molar-refractivity contribution in [3.8, 4) is 50.8 Å². The third-order valence-corrected chi connectivity index (χ3v) is 7.59. The molecule has 3 aromatic heterocycles. The minimum atomic E-state index is -1.07. The number of hydrogen-bond donors (Lipinski definition) is 3. The van der Waals surface area contributed by atoms with E-state index in [1.165, 1.54) is 44.4 Å². The molecule has 0 fully saturated rings. The summed E-state index contributed by atoms with van der Waals surface area (Å²) in [6.07, 6.45) is 5.00. The molecule has 0 unspecified atom stereocenters. The molecule has 15 nitrogen and oxygen atoms in total. The number of carboxylic acid groups (broad SMARTS) is 3. The standard InChI is InChI=1S/C34H23N9O6/c1-19-8-25(34(48)49)15-28(9-19)43-18-31(37-40-43)24-11-22(29-16-41(38-35-29)26-6-2-4-20(13-26)32(44)45)10-23(12-24)30-17-42(39-36-30)27-7-3-5-21(14-27)33(46)47/h2-18H,1H3,(H,44,45)(H,46,47)(H,48,49). The second-order valence-electron chi connectivity index (χ2n) is 11.0. The summed E-state index contributed by atoms with van der Waals surface area (Å²) < 4.78 is 4.42. The van der Waals surface area contributed by atoms with E-state index in [0.29, 0.717) is 50.8 Å². The Kier molecular flexibility index (Phi) is 7.53. The van der Waals surface area contributed by atoms with Gasteiger partial charge in [-0.25, -0.2) is 28.4 Å². The Labute approximate surface area is 275 Å². The van der Waals surface area contributed by atoms with Crippen LogP contribution in [0.15, 0.2) is 104 Å². The van der Waals surface area contributed by atoms with Gasteiger partial charge in [-0.15, -0.1) is 15.3 Å². The van der Waals surface area contributed by atoms with Gasteiger partial charge in [0.15, 0.2) is 0 Å². The smallest absolute Gasteiger partial charge is 0.335 e. The van der Waals surface area contributed by atoms with Crippen molar-refractivity contribution in [2.75, 3.05) is 0 Å². The van der Waals surface area contributed by atoms with Crippen LogP contribution < -0.4 is 0 Å². The third kappa shape index (κ3) is 6.14. The van der Waals surface area contributed by atoms with Gasteiger partial charge in [0, 0.05) is 16.7 Å². The number of carboxylic acids is 3. The Morgan fingerprint density at radius 1 is 0.490 bits per heavy atom. The Morgan fingerprint density at radius 3 is 1.29 bits per heavy atom. The average Bonchev–Trinajstić information content (AvgIpc) is 3.90. The molecule has 0 saturated carbocycles. The maximum absolute atomic E-state index is 11.7. The lowest BCUT2D eigenvalue weighted by atomic mass is 10.0. The summed E-state index contributed by atoms with van der Waals surface area (Å²) in [5.41, 5.74) is 5.82. The van der Waals surface area contributed by atoms with Crippen LogP contribution >= 0.6 is 0 Å². The molecule has 15 heteroatoms. The third-order valence-electron chi connectivity index (χ3n) is 7.59. The molecule has 7 rings (SSSR count). The van der Waals surface area contributed by atoms with E-state index in [1.807, 2.05) is 18.2 Å². The predicted octanol–water partition coefficient (Wildman–Crippen LogP) is 4.83. The zero-order valence-corrected chi connectivity index (χ0v) is 25.4. The normalized spacial score (nSPS) is 11.0. The fourth-order valence-electron chi connectivity index (χ4n) is 5.22. The summed E-state index contributed by atoms with van der Waals surface area (Å²) in [7, 11) is 0. The van der Waals surface area contributed by atoms with Crippen molar-refractivity contribution in [2.24, 2.45) is 0 Å². The van der Waals surface area contributed by atoms with Crippen molar-refractivity contribution < 1.29 is 29.7 Å². The highest BCUT2D eigenvalue weighted by atomic mass is 16.4. The second-order valence-corrected chi connectivity index (χ2v) is 11.0. The van der Waals surface area contributed by atoms with E-state index in [-0.39, 0.29) is 16.7 Å². The first kappa shape index (κ1) is 30.4. The van der Waals surface area contributed by atoms with Crippen LogP contribution in [-0.2, 0) is 0 Å². The molecule has 0 bridgehead atoms. The van der Waals surface area contributed by atoms with Crippen LogP contribution in [0.25, 0.3) is 50.8 Å². The Balaban J connectivity index is 1.32. The van der Waals surface area contributed by atoms with Gasteiger partial charge >= 0.3 is 17.9 Å². The molecule has 3 heterocycles. The first-order chi connectivity index (χ1) is 23.6. The van der Waals surface area contributed by atoms with Crippen molar-refractivity contribution in [2.45, 2.75) is 6.92 Å². The SMILES string of the molecule is Cc1cc(C(=O)O)cc(-n2cc(-c3cc(-c4cn(-c5cccc(C(=O)O)c5)nn4)cc(-c4cn(-c5cccc(C(=O)O)c5)nn4)c3)nn2)c1. The van der Waals surface area contributed by atoms with Gasteiger partial charge in [-0.1, -0.05) is 27.8 Å². The van der Waals surface area contributed by atoms with Crippen molar-refractivity contribution in [3.63, 3.8) is 0 Å². The summed E-state index contributed by atoms with van der Waals surface area (Å²) in [6.45, 7) is 1.79. The first-order valence-corrected chi connectivity index (χ1v) is 14.6. The highest BCUT2D eigenvalue weighted by Crippen LogP contribution is 2.32. The van der Waals surface area contributed by atoms with Gasteiger partial charge in [-0.2, -0.15) is 0 Å². The predicted molar refractivity (Wildman–Crippen MR) is 173 cm³/mol. The summed E-state index contributed by atoms with van der Waals surface area (Å²) in [5, 5.41) is 54.2. The van der Waals surface area contributed by atoms with Gasteiger partial charge in [0.2, 0.25) is 0 Å². The minimum Gasteiger partial charge on any atom is -0.478 e. The molecule has 0 atom stereocenters. The van der Waals surface area contributed by atoms with E-state index >= 15 is 0 Å². The van der Waals surface area contributed by atoms with Gasteiger partial charge in [-0.3, -0.25) is 0 Å². The fraction of sp³-hybridized carbons (Fsp3) is 0.0294. The zero-order valence-electron chi connectivity index (χ0n) is 25.4. The molecule has 240 valence electrons. The van der Waals surface area contributed by atoms with Crippen molar-refractivity contribution in [1.29, 1.82) is 0 Å². The maximum Gasteiger partial charge on any atom is 0.335 e. The molecule has 0 spiro atoms. The van der Waals surface area contributed by atoms with E-state index in [2.05, 4.69) is 30.9 Å². The second kappa shape index (κ2) is 12.1. The summed E-state index contributed by atoms with van der Waals surface area (Å²) in [5.74, 6) is -3.20. The summed E-state index contributed by atoms with van der Waals surface area (Å²) in [6, 6.07) is 23.0. The molecule has 0 aliphatic rings. The van der Waals surface area contributed by atoms with E-state index in [9.17, 15) is 29.7 Å². The lowest BCUT2D eigenvalue weighted by Gasteiger charge is -2.06. The van der Waals surface area contributed by atoms with Gasteiger partial charge in [-0.05, 0) is 85.3 Å². The summed E-state index contributed by atoms with van der Waals surface area (Å²) in [4.78, 5) is 34.7. The van der Waals surface area contributed by atoms with Crippen molar-refractivity contribution >= 4 is 17.9 Å². The Hall–Kier alpha value is -7.29. The lowest BCUT2D eigenvalue weighted by molar-refractivity contribution is 0.0686. The summed E-state index contributed by atoms with van der Waals surface area (Å²) >= 11 is 0. The van der Waals surface area contributed by atoms with Crippen LogP contribution in [0.1, 0.15) is 36.6 Å². The zero-order chi connectivity index (χ0) is 34.2. The lowest BCUT2D eigenvalue weighted by Crippen LogP contribution is -2.01. The van der Waals surface area contributed by atoms with E-state index in [4.69, 9.17) is 0 Å². The van der Waals surface area contributed by atoms with Crippen LogP contribution in [0.5, 0.6) is 0 Å². The number of nitrogens with zero attached hydrogens (tertiary/aromatic N) is 9. The van der Waals surface area contributed by atoms with Gasteiger partial charge < -0.3 is 15.3 Å². The molecule has 3 N–H and O–H groups in total. The number of benzene rings is 4. The van der Waals surface area contributed by atoms with E-state index < -0.39 is 17.9 Å².